The predicted molar refractivity (Wildman–Crippen MR) is 162 cm³/mol. The summed E-state index contributed by atoms with van der Waals surface area (Å²) in [6.07, 6.45) is 4.13. The molecule has 3 heterocycles. The van der Waals surface area contributed by atoms with Crippen molar-refractivity contribution in [1.29, 1.82) is 0 Å². The molecule has 0 bridgehead atoms. The lowest BCUT2D eigenvalue weighted by molar-refractivity contribution is -0.385. The normalized spacial score (nSPS) is 13.1. The number of para-hydroxylation sites is 1. The van der Waals surface area contributed by atoms with Gasteiger partial charge in [-0.1, -0.05) is 30.3 Å². The van der Waals surface area contributed by atoms with E-state index >= 15 is 0 Å². The van der Waals surface area contributed by atoms with Crippen molar-refractivity contribution in [2.45, 2.75) is 13.3 Å². The second-order valence-electron chi connectivity index (χ2n) is 10.0. The molecule has 12 heteroatoms. The van der Waals surface area contributed by atoms with Crippen LogP contribution in [0.5, 0.6) is 0 Å². The molecular weight excluding hydrogens is 536 g/mol. The van der Waals surface area contributed by atoms with Gasteiger partial charge >= 0.3 is 6.03 Å². The number of anilines is 3. The van der Waals surface area contributed by atoms with E-state index < -0.39 is 4.92 Å². The Morgan fingerprint density at radius 1 is 1.02 bits per heavy atom. The summed E-state index contributed by atoms with van der Waals surface area (Å²) >= 11 is 0. The largest absolute Gasteiger partial charge is 0.368 e. The topological polar surface area (TPSA) is 130 Å². The van der Waals surface area contributed by atoms with Crippen LogP contribution in [0.2, 0.25) is 0 Å². The Labute approximate surface area is 243 Å². The molecule has 12 nitrogen and oxygen atoms in total. The highest BCUT2D eigenvalue weighted by Gasteiger charge is 2.27. The fourth-order valence-electron chi connectivity index (χ4n) is 5.02. The first-order chi connectivity index (χ1) is 20.3. The van der Waals surface area contributed by atoms with Crippen molar-refractivity contribution >= 4 is 28.8 Å². The van der Waals surface area contributed by atoms with Crippen LogP contribution in [0, 0.1) is 17.0 Å². The zero-order chi connectivity index (χ0) is 29.6. The highest BCUT2D eigenvalue weighted by Crippen LogP contribution is 2.28. The molecule has 1 saturated heterocycles. The van der Waals surface area contributed by atoms with Gasteiger partial charge in [0.05, 0.1) is 33.7 Å². The van der Waals surface area contributed by atoms with E-state index in [1.54, 1.807) is 36.4 Å². The van der Waals surface area contributed by atoms with Crippen molar-refractivity contribution in [1.82, 2.24) is 19.7 Å². The van der Waals surface area contributed by atoms with Crippen molar-refractivity contribution < 1.29 is 9.72 Å². The average Bonchev–Trinajstić information content (AvgIpc) is 3.01. The van der Waals surface area contributed by atoms with Crippen molar-refractivity contribution in [3.8, 4) is 5.69 Å². The standard InChI is InChI=1S/C30H32N8O4/c1-22-25(12-8-13-26(22)38(41)42)33-30(40)36-19-17-35(18-20-36)27-21-32-37(24-10-4-3-5-11-24)29(39)28(27)34(2)16-14-23-9-6-7-15-31-23/h3-13,15,21H,14,16-20H2,1-2H3,(H,33,40). The first kappa shape index (κ1) is 28.3. The molecule has 0 saturated carbocycles. The van der Waals surface area contributed by atoms with E-state index in [1.165, 1.54) is 10.7 Å². The number of benzene rings is 2. The number of hydrogen-bond donors (Lipinski definition) is 1. The third-order valence-electron chi connectivity index (χ3n) is 7.40. The number of carbonyl (C=O) groups is 1. The number of amides is 2. The van der Waals surface area contributed by atoms with Crippen LogP contribution in [0.25, 0.3) is 5.69 Å². The fraction of sp³-hybridized carbons (Fsp3) is 0.267. The van der Waals surface area contributed by atoms with Gasteiger partial charge in [0.1, 0.15) is 5.69 Å². The quantitative estimate of drug-likeness (QED) is 0.250. The molecular formula is C30H32N8O4. The molecule has 2 aromatic heterocycles. The second kappa shape index (κ2) is 12.5. The van der Waals surface area contributed by atoms with Gasteiger partial charge in [0.15, 0.2) is 0 Å². The highest BCUT2D eigenvalue weighted by atomic mass is 16.6. The van der Waals surface area contributed by atoms with E-state index in [9.17, 15) is 19.7 Å². The van der Waals surface area contributed by atoms with E-state index in [4.69, 9.17) is 0 Å². The first-order valence-electron chi connectivity index (χ1n) is 13.7. The number of piperazine rings is 1. The number of nitrogens with zero attached hydrogens (tertiary/aromatic N) is 7. The van der Waals surface area contributed by atoms with Crippen LogP contribution in [0.1, 0.15) is 11.3 Å². The van der Waals surface area contributed by atoms with Gasteiger partial charge in [-0.2, -0.15) is 9.78 Å². The van der Waals surface area contributed by atoms with Gasteiger partial charge in [0.25, 0.3) is 11.2 Å². The zero-order valence-corrected chi connectivity index (χ0v) is 23.5. The average molecular weight is 569 g/mol. The minimum absolute atomic E-state index is 0.0462. The Bertz CT molecular complexity index is 1620. The van der Waals surface area contributed by atoms with Crippen LogP contribution < -0.4 is 20.7 Å². The predicted octanol–water partition coefficient (Wildman–Crippen LogP) is 3.88. The Morgan fingerprint density at radius 3 is 2.45 bits per heavy atom. The van der Waals surface area contributed by atoms with Gasteiger partial charge in [0, 0.05) is 64.1 Å². The van der Waals surface area contributed by atoms with Gasteiger partial charge in [-0.15, -0.1) is 0 Å². The summed E-state index contributed by atoms with van der Waals surface area (Å²) in [5.74, 6) is 0. The minimum atomic E-state index is -0.464. The lowest BCUT2D eigenvalue weighted by Crippen LogP contribution is -2.51. The van der Waals surface area contributed by atoms with Crippen LogP contribution in [0.4, 0.5) is 27.5 Å². The summed E-state index contributed by atoms with van der Waals surface area (Å²) in [6.45, 7) is 3.96. The number of nitro groups is 1. The third-order valence-corrected chi connectivity index (χ3v) is 7.40. The summed E-state index contributed by atoms with van der Waals surface area (Å²) < 4.78 is 1.40. The Balaban J connectivity index is 1.35. The monoisotopic (exact) mass is 568 g/mol. The van der Waals surface area contributed by atoms with Crippen LogP contribution in [0.15, 0.2) is 83.9 Å². The number of aromatic nitrogens is 3. The summed E-state index contributed by atoms with van der Waals surface area (Å²) in [5.41, 5.74) is 3.35. The van der Waals surface area contributed by atoms with Crippen LogP contribution >= 0.6 is 0 Å². The van der Waals surface area contributed by atoms with Gasteiger partial charge < -0.3 is 20.0 Å². The van der Waals surface area contributed by atoms with Gasteiger partial charge in [-0.25, -0.2) is 4.79 Å². The maximum Gasteiger partial charge on any atom is 0.321 e. The zero-order valence-electron chi connectivity index (χ0n) is 23.5. The number of pyridine rings is 1. The summed E-state index contributed by atoms with van der Waals surface area (Å²) in [5, 5.41) is 18.6. The first-order valence-corrected chi connectivity index (χ1v) is 13.7. The molecule has 1 aliphatic rings. The number of likely N-dealkylation sites (N-methyl/N-ethyl adjacent to an activating group) is 1. The molecule has 2 aromatic carbocycles. The van der Waals surface area contributed by atoms with Crippen molar-refractivity contribution in [2.24, 2.45) is 0 Å². The van der Waals surface area contributed by atoms with Crippen molar-refractivity contribution in [3.63, 3.8) is 0 Å². The van der Waals surface area contributed by atoms with E-state index in [0.29, 0.717) is 67.5 Å². The number of urea groups is 1. The maximum atomic E-state index is 13.9. The van der Waals surface area contributed by atoms with E-state index in [2.05, 4.69) is 20.3 Å². The number of rotatable bonds is 8. The van der Waals surface area contributed by atoms with Crippen molar-refractivity contribution in [3.05, 3.63) is 111 Å². The lowest BCUT2D eigenvalue weighted by Gasteiger charge is -2.37. The summed E-state index contributed by atoms with van der Waals surface area (Å²) in [7, 11) is 1.89. The molecule has 2 amide bonds. The van der Waals surface area contributed by atoms with E-state index in [-0.39, 0.29) is 17.3 Å². The fourth-order valence-corrected chi connectivity index (χ4v) is 5.02. The number of nitro benzene ring substituents is 1. The molecule has 216 valence electrons. The van der Waals surface area contributed by atoms with Gasteiger partial charge in [-0.05, 0) is 37.3 Å². The summed E-state index contributed by atoms with van der Waals surface area (Å²) in [4.78, 5) is 47.8. The molecule has 0 unspecified atom stereocenters. The Morgan fingerprint density at radius 2 is 1.76 bits per heavy atom. The van der Waals surface area contributed by atoms with Crippen LogP contribution in [-0.4, -0.2) is 70.4 Å². The molecule has 42 heavy (non-hydrogen) atoms. The SMILES string of the molecule is Cc1c(NC(=O)N2CCN(c3cnn(-c4ccccc4)c(=O)c3N(C)CCc3ccccn3)CC2)cccc1[N+](=O)[O-]. The molecule has 0 spiro atoms. The Kier molecular flexibility index (Phi) is 8.42. The van der Waals surface area contributed by atoms with Crippen LogP contribution in [0.3, 0.4) is 0 Å². The number of carbonyl (C=O) groups excluding carboxylic acids is 1. The minimum Gasteiger partial charge on any atom is -0.368 e. The number of nitrogens with one attached hydrogen (secondary N) is 1. The highest BCUT2D eigenvalue weighted by molar-refractivity contribution is 5.91. The van der Waals surface area contributed by atoms with E-state index in [1.807, 2.05) is 60.5 Å². The van der Waals surface area contributed by atoms with Gasteiger partial charge in [-0.3, -0.25) is 19.9 Å². The lowest BCUT2D eigenvalue weighted by atomic mass is 10.1. The van der Waals surface area contributed by atoms with Crippen molar-refractivity contribution in [2.75, 3.05) is 54.9 Å². The van der Waals surface area contributed by atoms with Gasteiger partial charge in [0.2, 0.25) is 0 Å². The third kappa shape index (κ3) is 6.07. The molecule has 1 fully saturated rings. The molecule has 1 aliphatic heterocycles. The maximum absolute atomic E-state index is 13.9. The molecule has 0 radical (unpaired) electrons. The van der Waals surface area contributed by atoms with E-state index in [0.717, 1.165) is 5.69 Å². The number of hydrogen-bond acceptors (Lipinski definition) is 8. The second-order valence-corrected chi connectivity index (χ2v) is 10.0. The molecule has 5 rings (SSSR count). The molecule has 1 N–H and O–H groups in total. The van der Waals surface area contributed by atoms with Crippen LogP contribution in [-0.2, 0) is 6.42 Å². The Hall–Kier alpha value is -5.26. The molecule has 0 atom stereocenters. The summed E-state index contributed by atoms with van der Waals surface area (Å²) in [6, 6.07) is 19.3. The molecule has 4 aromatic rings. The smallest absolute Gasteiger partial charge is 0.321 e. The molecule has 0 aliphatic carbocycles.